The van der Waals surface area contributed by atoms with Crippen LogP contribution in [-0.4, -0.2) is 100.0 Å². The van der Waals surface area contributed by atoms with Gasteiger partial charge in [-0.3, -0.25) is 28.8 Å². The molecule has 1 aliphatic heterocycles. The molecule has 4 aliphatic carbocycles. The van der Waals surface area contributed by atoms with Gasteiger partial charge >= 0.3 is 35.8 Å². The Labute approximate surface area is 384 Å². The van der Waals surface area contributed by atoms with Crippen molar-refractivity contribution in [2.75, 3.05) is 59.3 Å². The molecule has 0 aromatic heterocycles. The van der Waals surface area contributed by atoms with Gasteiger partial charge in [-0.15, -0.1) is 0 Å². The highest BCUT2D eigenvalue weighted by Gasteiger charge is 2.52. The van der Waals surface area contributed by atoms with Gasteiger partial charge in [0.2, 0.25) is 0 Å². The first-order chi connectivity index (χ1) is 31.0. The van der Waals surface area contributed by atoms with Gasteiger partial charge in [0.15, 0.2) is 0 Å². The number of ether oxygens (including phenoxy) is 6. The number of rotatable bonds is 36. The average Bonchev–Trinajstić information content (AvgIpc) is 3.78. The summed E-state index contributed by atoms with van der Waals surface area (Å²) in [7, 11) is 0. The molecule has 0 unspecified atom stereocenters. The minimum absolute atomic E-state index is 0.0565. The van der Waals surface area contributed by atoms with E-state index in [1.807, 2.05) is 0 Å². The molecule has 366 valence electrons. The zero-order chi connectivity index (χ0) is 45.9. The quantitative estimate of drug-likeness (QED) is 0.0332. The number of unbranched alkanes of at least 4 members (excludes halogenated alkanes) is 10. The molecule has 4 bridgehead atoms. The second-order valence-electron chi connectivity index (χ2n) is 20.1. The number of nitrogens with zero attached hydrogens (tertiary/aromatic N) is 1. The van der Waals surface area contributed by atoms with Crippen molar-refractivity contribution in [1.29, 1.82) is 0 Å². The van der Waals surface area contributed by atoms with Gasteiger partial charge in [-0.05, 0) is 126 Å². The topological polar surface area (TPSA) is 161 Å². The van der Waals surface area contributed by atoms with Gasteiger partial charge in [0.05, 0.1) is 19.6 Å². The Balaban J connectivity index is 1.34. The molecule has 4 saturated carbocycles. The molecule has 5 aliphatic rings. The number of hydrogen-bond donors (Lipinski definition) is 0. The Morgan fingerprint density at radius 3 is 1.23 bits per heavy atom. The molecule has 64 heavy (non-hydrogen) atoms. The van der Waals surface area contributed by atoms with E-state index >= 15 is 0 Å². The third-order valence-corrected chi connectivity index (χ3v) is 13.9. The highest BCUT2D eigenvalue weighted by atomic mass is 16.6. The van der Waals surface area contributed by atoms with Gasteiger partial charge in [-0.1, -0.05) is 78.1 Å². The fraction of sp³-hybridized carbons (Fsp3) is 0.882. The Bertz CT molecular complexity index is 1320. The first-order valence-corrected chi connectivity index (χ1v) is 25.7. The van der Waals surface area contributed by atoms with Crippen LogP contribution in [0.5, 0.6) is 0 Å². The van der Waals surface area contributed by atoms with E-state index in [0.29, 0.717) is 43.8 Å². The largest absolute Gasteiger partial charge is 0.466 e. The molecular formula is C51H85NO12. The van der Waals surface area contributed by atoms with E-state index in [4.69, 9.17) is 28.4 Å². The van der Waals surface area contributed by atoms with Gasteiger partial charge < -0.3 is 33.3 Å². The zero-order valence-corrected chi connectivity index (χ0v) is 39.9. The molecule has 1 heterocycles. The minimum Gasteiger partial charge on any atom is -0.466 e. The van der Waals surface area contributed by atoms with Crippen molar-refractivity contribution in [1.82, 2.24) is 4.90 Å². The molecule has 0 atom stereocenters. The van der Waals surface area contributed by atoms with Crippen molar-refractivity contribution in [2.45, 2.75) is 200 Å². The van der Waals surface area contributed by atoms with Crippen LogP contribution in [0.3, 0.4) is 0 Å². The number of carbonyl (C=O) groups excluding carboxylic acids is 6. The summed E-state index contributed by atoms with van der Waals surface area (Å²) in [6, 6.07) is 0. The highest BCUT2D eigenvalue weighted by Crippen LogP contribution is 2.61. The molecule has 0 aromatic rings. The summed E-state index contributed by atoms with van der Waals surface area (Å²) < 4.78 is 34.1. The normalized spacial score (nSPS) is 21.4. The van der Waals surface area contributed by atoms with Crippen LogP contribution in [0.15, 0.2) is 0 Å². The summed E-state index contributed by atoms with van der Waals surface area (Å²) in [6.45, 7) is 6.58. The van der Waals surface area contributed by atoms with Crippen LogP contribution >= 0.6 is 0 Å². The molecule has 0 amide bonds. The van der Waals surface area contributed by atoms with Crippen molar-refractivity contribution >= 4 is 35.8 Å². The average molecular weight is 904 g/mol. The molecule has 0 radical (unpaired) electrons. The lowest BCUT2D eigenvalue weighted by molar-refractivity contribution is -0.172. The van der Waals surface area contributed by atoms with E-state index in [2.05, 4.69) is 18.7 Å². The van der Waals surface area contributed by atoms with Crippen LogP contribution in [0.1, 0.15) is 200 Å². The van der Waals surface area contributed by atoms with E-state index in [0.717, 1.165) is 90.3 Å². The Hall–Kier alpha value is -3.22. The molecule has 1 saturated heterocycles. The standard InChI is InChI=1S/C51H85NO12/c1-3-5-7-9-11-15-28-59-44(53)20-17-22-46(55)61-37-51(39-63-48(57)24-19-27-52-25-13-14-26-52,38-62-47(56)23-18-21-45(54)60-29-16-12-10-8-6-4-2)40-64-49(58)36-50-33-41-30-42(34-50)32-43(31-41)35-50/h41-43H,3-40H2,1-2H3. The lowest BCUT2D eigenvalue weighted by Crippen LogP contribution is -2.47. The molecule has 13 nitrogen and oxygen atoms in total. The lowest BCUT2D eigenvalue weighted by atomic mass is 9.49. The van der Waals surface area contributed by atoms with Gasteiger partial charge in [0.1, 0.15) is 31.8 Å². The van der Waals surface area contributed by atoms with Crippen molar-refractivity contribution in [3.63, 3.8) is 0 Å². The monoisotopic (exact) mass is 904 g/mol. The molecule has 13 heteroatoms. The maximum atomic E-state index is 13.7. The second-order valence-corrected chi connectivity index (χ2v) is 20.1. The first kappa shape index (κ1) is 53.4. The summed E-state index contributed by atoms with van der Waals surface area (Å²) in [4.78, 5) is 80.3. The van der Waals surface area contributed by atoms with Crippen LogP contribution in [-0.2, 0) is 57.2 Å². The molecule has 0 aromatic carbocycles. The number of hydrogen-bond acceptors (Lipinski definition) is 13. The summed E-state index contributed by atoms with van der Waals surface area (Å²) in [5.74, 6) is -0.734. The summed E-state index contributed by atoms with van der Waals surface area (Å²) in [6.07, 6.45) is 23.7. The highest BCUT2D eigenvalue weighted by molar-refractivity contribution is 5.74. The first-order valence-electron chi connectivity index (χ1n) is 25.7. The zero-order valence-electron chi connectivity index (χ0n) is 39.9. The fourth-order valence-corrected chi connectivity index (χ4v) is 10.8. The number of carbonyl (C=O) groups is 6. The van der Waals surface area contributed by atoms with E-state index in [1.54, 1.807) is 0 Å². The van der Waals surface area contributed by atoms with Crippen LogP contribution in [0.2, 0.25) is 0 Å². The van der Waals surface area contributed by atoms with Gasteiger partial charge in [0, 0.05) is 32.1 Å². The lowest BCUT2D eigenvalue weighted by Gasteiger charge is -2.56. The maximum absolute atomic E-state index is 13.7. The van der Waals surface area contributed by atoms with E-state index in [-0.39, 0.29) is 94.7 Å². The SMILES string of the molecule is CCCCCCCCOC(=O)CCCC(=O)OCC(COC(=O)CCCC(=O)OCCCCCCCC)(COC(=O)CCCN1CCCC1)COC(=O)CC12CC3CC(CC(C3)C1)C2. The number of likely N-dealkylation sites (tertiary alicyclic amines) is 1. The smallest absolute Gasteiger partial charge is 0.306 e. The van der Waals surface area contributed by atoms with Crippen molar-refractivity contribution < 1.29 is 57.2 Å². The molecule has 5 fully saturated rings. The Morgan fingerprint density at radius 2 is 0.812 bits per heavy atom. The molecule has 5 rings (SSSR count). The predicted octanol–water partition coefficient (Wildman–Crippen LogP) is 9.78. The number of esters is 6. The van der Waals surface area contributed by atoms with E-state index < -0.39 is 23.3 Å². The Morgan fingerprint density at radius 1 is 0.453 bits per heavy atom. The second kappa shape index (κ2) is 30.1. The molecule has 0 spiro atoms. The van der Waals surface area contributed by atoms with Crippen molar-refractivity contribution in [2.24, 2.45) is 28.6 Å². The fourth-order valence-electron chi connectivity index (χ4n) is 10.8. The Kier molecular flexibility index (Phi) is 25.1. The predicted molar refractivity (Wildman–Crippen MR) is 243 cm³/mol. The minimum atomic E-state index is -1.39. The summed E-state index contributed by atoms with van der Waals surface area (Å²) >= 11 is 0. The third kappa shape index (κ3) is 21.4. The van der Waals surface area contributed by atoms with Crippen LogP contribution in [0.4, 0.5) is 0 Å². The van der Waals surface area contributed by atoms with Gasteiger partial charge in [0.25, 0.3) is 0 Å². The van der Waals surface area contributed by atoms with E-state index in [1.165, 1.54) is 57.8 Å². The summed E-state index contributed by atoms with van der Waals surface area (Å²) in [5.41, 5.74) is -1.46. The third-order valence-electron chi connectivity index (χ3n) is 13.9. The van der Waals surface area contributed by atoms with E-state index in [9.17, 15) is 28.8 Å². The summed E-state index contributed by atoms with van der Waals surface area (Å²) in [5, 5.41) is 0. The maximum Gasteiger partial charge on any atom is 0.306 e. The van der Waals surface area contributed by atoms with Crippen molar-refractivity contribution in [3.8, 4) is 0 Å². The molecular weight excluding hydrogens is 819 g/mol. The van der Waals surface area contributed by atoms with Gasteiger partial charge in [-0.2, -0.15) is 0 Å². The van der Waals surface area contributed by atoms with Crippen LogP contribution < -0.4 is 0 Å². The van der Waals surface area contributed by atoms with Gasteiger partial charge in [-0.25, -0.2) is 0 Å². The molecule has 0 N–H and O–H groups in total. The van der Waals surface area contributed by atoms with Crippen LogP contribution in [0, 0.1) is 28.6 Å². The van der Waals surface area contributed by atoms with Crippen LogP contribution in [0.25, 0.3) is 0 Å². The van der Waals surface area contributed by atoms with Crippen molar-refractivity contribution in [3.05, 3.63) is 0 Å².